The van der Waals surface area contributed by atoms with Gasteiger partial charge in [0.25, 0.3) is 11.8 Å². The summed E-state index contributed by atoms with van der Waals surface area (Å²) < 4.78 is 14.9. The first-order valence-electron chi connectivity index (χ1n) is 15.0. The molecule has 0 bridgehead atoms. The van der Waals surface area contributed by atoms with Gasteiger partial charge in [0.05, 0.1) is 23.2 Å². The molecule has 3 fully saturated rings. The summed E-state index contributed by atoms with van der Waals surface area (Å²) in [4.78, 5) is 55.2. The van der Waals surface area contributed by atoms with E-state index in [4.69, 9.17) is 23.2 Å². The van der Waals surface area contributed by atoms with Gasteiger partial charge < -0.3 is 5.11 Å². The van der Waals surface area contributed by atoms with Gasteiger partial charge in [0, 0.05) is 14.9 Å². The fourth-order valence-corrected chi connectivity index (χ4v) is 9.43. The Morgan fingerprint density at radius 2 is 1.40 bits per heavy atom. The van der Waals surface area contributed by atoms with Crippen LogP contribution in [0.2, 0.25) is 0 Å². The molecule has 4 aromatic rings. The number of hydrogen-bond donors (Lipinski definition) is 1. The van der Waals surface area contributed by atoms with Crippen LogP contribution in [0.5, 0.6) is 5.75 Å². The summed E-state index contributed by atoms with van der Waals surface area (Å²) >= 11 is 17.1. The average molecular weight is 781 g/mol. The van der Waals surface area contributed by atoms with Crippen molar-refractivity contribution in [1.29, 1.82) is 0 Å². The molecule has 4 amide bonds. The van der Waals surface area contributed by atoms with Gasteiger partial charge in [0.2, 0.25) is 11.8 Å². The number of nitrogens with zero attached hydrogens (tertiary/aromatic N) is 2. The Morgan fingerprint density at radius 1 is 0.766 bits per heavy atom. The molecule has 1 saturated carbocycles. The molecular formula is C36H24Cl2FIN2O5. The van der Waals surface area contributed by atoms with Crippen LogP contribution in [0.15, 0.2) is 96.6 Å². The maximum Gasteiger partial charge on any atom is 0.258 e. The highest BCUT2D eigenvalue weighted by molar-refractivity contribution is 14.1. The number of phenolic OH excluding ortho intramolecular Hbond substituents is 1. The zero-order chi connectivity index (χ0) is 33.0. The van der Waals surface area contributed by atoms with Crippen LogP contribution in [0, 0.1) is 27.1 Å². The highest BCUT2D eigenvalue weighted by Crippen LogP contribution is 2.66. The molecule has 2 saturated heterocycles. The van der Waals surface area contributed by atoms with E-state index in [9.17, 15) is 28.7 Å². The summed E-state index contributed by atoms with van der Waals surface area (Å²) in [6, 6.07) is 22.2. The number of alkyl halides is 2. The Bertz CT molecular complexity index is 2090. The van der Waals surface area contributed by atoms with E-state index in [1.807, 2.05) is 18.2 Å². The van der Waals surface area contributed by atoms with Crippen molar-refractivity contribution in [3.63, 3.8) is 0 Å². The zero-order valence-electron chi connectivity index (χ0n) is 24.4. The number of carbonyl (C=O) groups is 4. The molecule has 2 heterocycles. The van der Waals surface area contributed by atoms with Crippen LogP contribution in [0.4, 0.5) is 15.8 Å². The molecule has 6 atom stereocenters. The first kappa shape index (κ1) is 30.5. The molecule has 11 heteroatoms. The average Bonchev–Trinajstić information content (AvgIpc) is 3.40. The number of halogens is 4. The molecule has 2 aliphatic heterocycles. The summed E-state index contributed by atoms with van der Waals surface area (Å²) in [5, 5.41) is 11.9. The van der Waals surface area contributed by atoms with Crippen molar-refractivity contribution >= 4 is 91.6 Å². The molecule has 1 N–H and O–H groups in total. The quantitative estimate of drug-likeness (QED) is 0.104. The second-order valence-corrected chi connectivity index (χ2v) is 14.9. The molecule has 236 valence electrons. The molecule has 8 rings (SSSR count). The Hall–Kier alpha value is -3.80. The van der Waals surface area contributed by atoms with Gasteiger partial charge in [-0.1, -0.05) is 42.0 Å². The third-order valence-corrected chi connectivity index (χ3v) is 12.4. The van der Waals surface area contributed by atoms with Crippen molar-refractivity contribution in [3.05, 3.63) is 112 Å². The third-order valence-electron chi connectivity index (χ3n) is 10.2. The summed E-state index contributed by atoms with van der Waals surface area (Å²) in [5.74, 6) is -6.13. The van der Waals surface area contributed by atoms with E-state index in [-0.39, 0.29) is 30.2 Å². The summed E-state index contributed by atoms with van der Waals surface area (Å²) in [7, 11) is 0. The van der Waals surface area contributed by atoms with Crippen molar-refractivity contribution < 1.29 is 28.7 Å². The Kier molecular flexibility index (Phi) is 6.89. The van der Waals surface area contributed by atoms with Gasteiger partial charge in [-0.2, -0.15) is 0 Å². The molecule has 0 spiro atoms. The number of benzene rings is 4. The van der Waals surface area contributed by atoms with Gasteiger partial charge in [0.15, 0.2) is 9.75 Å². The number of amides is 4. The van der Waals surface area contributed by atoms with Crippen molar-refractivity contribution in [1.82, 2.24) is 0 Å². The Labute approximate surface area is 292 Å². The molecule has 2 aliphatic carbocycles. The maximum absolute atomic E-state index is 14.6. The molecule has 0 radical (unpaired) electrons. The lowest BCUT2D eigenvalue weighted by Crippen LogP contribution is -2.60. The van der Waals surface area contributed by atoms with Gasteiger partial charge in [0.1, 0.15) is 11.6 Å². The van der Waals surface area contributed by atoms with Gasteiger partial charge in [-0.15, -0.1) is 23.2 Å². The first-order chi connectivity index (χ1) is 22.5. The number of rotatable bonds is 3. The van der Waals surface area contributed by atoms with Crippen LogP contribution in [0.25, 0.3) is 10.8 Å². The maximum atomic E-state index is 14.6. The molecular weight excluding hydrogens is 757 g/mol. The first-order valence-corrected chi connectivity index (χ1v) is 16.9. The standard InChI is InChI=1S/C36H24Cl2FIN2O5/c37-35-17-27-25(13-14-26-29(27)32(45)41(31(26)44)20-11-7-19(40)8-12-20)30(24-15-16-28(43)23-4-2-1-3-22(23)24)36(35,38)34(47)42(33(35)46)21-9-5-18(39)6-10-21/h1-13,15-16,26-27,29-30,43H,14,17H2/t26-,27+,29-,30-,35+,36-/m0/s1. The van der Waals surface area contributed by atoms with E-state index in [0.717, 1.165) is 20.6 Å². The number of phenols is 1. The van der Waals surface area contributed by atoms with E-state index < -0.39 is 57.0 Å². The van der Waals surface area contributed by atoms with Crippen molar-refractivity contribution in [3.8, 4) is 5.75 Å². The monoisotopic (exact) mass is 780 g/mol. The lowest BCUT2D eigenvalue weighted by atomic mass is 9.56. The number of fused-ring (bicyclic) bond motifs is 5. The van der Waals surface area contributed by atoms with E-state index >= 15 is 0 Å². The lowest BCUT2D eigenvalue weighted by Gasteiger charge is -2.51. The van der Waals surface area contributed by atoms with Crippen LogP contribution >= 0.6 is 45.8 Å². The van der Waals surface area contributed by atoms with Gasteiger partial charge >= 0.3 is 0 Å². The minimum absolute atomic E-state index is 0.0154. The zero-order valence-corrected chi connectivity index (χ0v) is 28.0. The smallest absolute Gasteiger partial charge is 0.258 e. The topological polar surface area (TPSA) is 95.0 Å². The van der Waals surface area contributed by atoms with E-state index in [0.29, 0.717) is 27.6 Å². The minimum atomic E-state index is -2.07. The normalized spacial score (nSPS) is 30.0. The van der Waals surface area contributed by atoms with Crippen LogP contribution in [-0.2, 0) is 19.2 Å². The molecule has 4 aliphatic rings. The highest BCUT2D eigenvalue weighted by atomic mass is 127. The third kappa shape index (κ3) is 4.09. The Morgan fingerprint density at radius 3 is 2.11 bits per heavy atom. The lowest BCUT2D eigenvalue weighted by molar-refractivity contribution is -0.125. The Balaban J connectivity index is 1.34. The van der Waals surface area contributed by atoms with E-state index in [1.165, 1.54) is 23.1 Å². The molecule has 4 aromatic carbocycles. The fraction of sp³-hybridized carbons (Fsp3) is 0.222. The van der Waals surface area contributed by atoms with E-state index in [1.54, 1.807) is 42.5 Å². The van der Waals surface area contributed by atoms with Crippen LogP contribution in [0.3, 0.4) is 0 Å². The van der Waals surface area contributed by atoms with Crippen LogP contribution < -0.4 is 9.80 Å². The summed E-state index contributed by atoms with van der Waals surface area (Å²) in [5.41, 5.74) is 1.74. The number of aromatic hydroxyl groups is 1. The number of hydrogen-bond acceptors (Lipinski definition) is 5. The SMILES string of the molecule is O=C1[C@H]2[C@H](CC=C3[C@H]2C[C@@]2(Cl)C(=O)N(c4ccc(F)cc4)C(=O)[C@@]2(Cl)[C@H]3c2ccc(O)c3ccccc23)C(=O)N1c1ccc(I)cc1. The second kappa shape index (κ2) is 10.6. The van der Waals surface area contributed by atoms with Gasteiger partial charge in [-0.05, 0) is 107 Å². The second-order valence-electron chi connectivity index (χ2n) is 12.5. The summed E-state index contributed by atoms with van der Waals surface area (Å²) in [6.07, 6.45) is 1.92. The van der Waals surface area contributed by atoms with Gasteiger partial charge in [-0.25, -0.2) is 9.29 Å². The van der Waals surface area contributed by atoms with Crippen molar-refractivity contribution in [2.24, 2.45) is 17.8 Å². The molecule has 7 nitrogen and oxygen atoms in total. The van der Waals surface area contributed by atoms with Crippen molar-refractivity contribution in [2.45, 2.75) is 28.5 Å². The largest absolute Gasteiger partial charge is 0.507 e. The van der Waals surface area contributed by atoms with Crippen LogP contribution in [-0.4, -0.2) is 38.5 Å². The van der Waals surface area contributed by atoms with E-state index in [2.05, 4.69) is 22.6 Å². The number of carbonyl (C=O) groups excluding carboxylic acids is 4. The molecule has 0 unspecified atom stereocenters. The van der Waals surface area contributed by atoms with Crippen LogP contribution in [0.1, 0.15) is 24.3 Å². The predicted octanol–water partition coefficient (Wildman–Crippen LogP) is 7.06. The van der Waals surface area contributed by atoms with Crippen molar-refractivity contribution in [2.75, 3.05) is 9.80 Å². The molecule has 47 heavy (non-hydrogen) atoms. The fourth-order valence-electron chi connectivity index (χ4n) is 8.15. The number of imide groups is 2. The minimum Gasteiger partial charge on any atom is -0.507 e. The molecule has 0 aromatic heterocycles. The predicted molar refractivity (Wildman–Crippen MR) is 184 cm³/mol. The van der Waals surface area contributed by atoms with Gasteiger partial charge in [-0.3, -0.25) is 24.1 Å². The highest BCUT2D eigenvalue weighted by Gasteiger charge is 2.76. The number of anilines is 2. The number of allylic oxidation sites excluding steroid dienone is 2. The summed E-state index contributed by atoms with van der Waals surface area (Å²) in [6.45, 7) is 0.